The highest BCUT2D eigenvalue weighted by Crippen LogP contribution is 2.40. The molecule has 3 saturated heterocycles. The van der Waals surface area contributed by atoms with E-state index in [-0.39, 0.29) is 41.8 Å². The van der Waals surface area contributed by atoms with Gasteiger partial charge in [-0.25, -0.2) is 4.98 Å². The van der Waals surface area contributed by atoms with Gasteiger partial charge in [-0.1, -0.05) is 69.5 Å². The van der Waals surface area contributed by atoms with E-state index in [1.54, 1.807) is 6.07 Å². The molecule has 8 rings (SSSR count). The number of aromatic nitrogens is 1. The Morgan fingerprint density at radius 1 is 0.968 bits per heavy atom. The van der Waals surface area contributed by atoms with E-state index in [1.807, 2.05) is 29.2 Å². The van der Waals surface area contributed by atoms with Crippen LogP contribution in [-0.4, -0.2) is 149 Å². The van der Waals surface area contributed by atoms with Gasteiger partial charge < -0.3 is 34.6 Å². The number of carbonyl (C=O) groups excluding carboxylic acids is 2. The van der Waals surface area contributed by atoms with E-state index < -0.39 is 12.0 Å². The van der Waals surface area contributed by atoms with Gasteiger partial charge in [0.25, 0.3) is 11.8 Å². The average Bonchev–Trinajstić information content (AvgIpc) is 3.71. The quantitative estimate of drug-likeness (QED) is 0.151. The van der Waals surface area contributed by atoms with Crippen LogP contribution in [0.2, 0.25) is 0 Å². The average molecular weight is 867 g/mol. The van der Waals surface area contributed by atoms with Crippen molar-refractivity contribution >= 4 is 23.5 Å². The van der Waals surface area contributed by atoms with Crippen LogP contribution in [0.5, 0.6) is 11.5 Å². The van der Waals surface area contributed by atoms with Crippen LogP contribution in [0.15, 0.2) is 54.6 Å². The Labute approximate surface area is 371 Å². The predicted molar refractivity (Wildman–Crippen MR) is 239 cm³/mol. The SMILES string of the molecule is CC(C)c1cccc(C(=O)N2CCOC3(CCN(Cc4cccc(CCOC5CCN(CCN(CCc6ccc(O)c7c6OCC(=O)N7)C6CCCCC6)[C@@H]5C(=O)O)c4)CC3)C2)n1. The molecule has 3 aromatic rings. The lowest BCUT2D eigenvalue weighted by atomic mass is 9.89. The molecule has 2 amide bonds. The maximum Gasteiger partial charge on any atom is 0.323 e. The van der Waals surface area contributed by atoms with Crippen LogP contribution in [0.3, 0.4) is 0 Å². The third-order valence-electron chi connectivity index (χ3n) is 14.0. The highest BCUT2D eigenvalue weighted by Gasteiger charge is 2.42. The maximum absolute atomic E-state index is 13.5. The number of nitrogens with zero attached hydrogens (tertiary/aromatic N) is 5. The Hall–Kier alpha value is -4.60. The summed E-state index contributed by atoms with van der Waals surface area (Å²) in [4.78, 5) is 51.8. The van der Waals surface area contributed by atoms with Crippen LogP contribution < -0.4 is 10.1 Å². The molecule has 2 atom stereocenters. The number of hydrogen-bond donors (Lipinski definition) is 3. The summed E-state index contributed by atoms with van der Waals surface area (Å²) in [5, 5.41) is 23.5. The fourth-order valence-corrected chi connectivity index (χ4v) is 10.4. The number of carbonyl (C=O) groups is 3. The second-order valence-electron chi connectivity index (χ2n) is 18.6. The molecule has 4 aliphatic heterocycles. The Morgan fingerprint density at radius 3 is 2.56 bits per heavy atom. The Bertz CT molecular complexity index is 2070. The Morgan fingerprint density at radius 2 is 1.76 bits per heavy atom. The van der Waals surface area contributed by atoms with Crippen molar-refractivity contribution in [2.24, 2.45) is 0 Å². The van der Waals surface area contributed by atoms with Crippen molar-refractivity contribution in [1.29, 1.82) is 0 Å². The Balaban J connectivity index is 0.803. The summed E-state index contributed by atoms with van der Waals surface area (Å²) in [7, 11) is 0. The highest BCUT2D eigenvalue weighted by molar-refractivity contribution is 5.97. The molecule has 1 aliphatic carbocycles. The molecular weight excluding hydrogens is 801 g/mol. The lowest BCUT2D eigenvalue weighted by Crippen LogP contribution is -2.58. The zero-order valence-corrected chi connectivity index (χ0v) is 37.1. The summed E-state index contributed by atoms with van der Waals surface area (Å²) in [6.45, 7) is 11.7. The van der Waals surface area contributed by atoms with Crippen LogP contribution >= 0.6 is 0 Å². The second kappa shape index (κ2) is 20.5. The number of pyridine rings is 1. The number of aliphatic carboxylic acids is 1. The maximum atomic E-state index is 13.5. The monoisotopic (exact) mass is 866 g/mol. The van der Waals surface area contributed by atoms with Gasteiger partial charge in [0.05, 0.1) is 31.5 Å². The lowest BCUT2D eigenvalue weighted by molar-refractivity contribution is -0.146. The number of hydrogen-bond acceptors (Lipinski definition) is 11. The predicted octanol–water partition coefficient (Wildman–Crippen LogP) is 5.71. The molecule has 340 valence electrons. The minimum atomic E-state index is -0.840. The van der Waals surface area contributed by atoms with Gasteiger partial charge in [-0.2, -0.15) is 0 Å². The summed E-state index contributed by atoms with van der Waals surface area (Å²) < 4.78 is 18.5. The number of aromatic hydroxyl groups is 1. The van der Waals surface area contributed by atoms with Crippen molar-refractivity contribution in [3.63, 3.8) is 0 Å². The van der Waals surface area contributed by atoms with Crippen molar-refractivity contribution in [3.05, 3.63) is 82.7 Å². The number of carboxylic acid groups (broad SMARTS) is 1. The number of carboxylic acids is 1. The summed E-state index contributed by atoms with van der Waals surface area (Å²) in [6.07, 6.45) is 9.30. The van der Waals surface area contributed by atoms with Gasteiger partial charge in [0.2, 0.25) is 0 Å². The second-order valence-corrected chi connectivity index (χ2v) is 18.6. The van der Waals surface area contributed by atoms with Crippen LogP contribution in [0.25, 0.3) is 0 Å². The molecule has 1 spiro atoms. The minimum Gasteiger partial charge on any atom is -0.506 e. The van der Waals surface area contributed by atoms with E-state index in [0.29, 0.717) is 81.8 Å². The molecule has 3 N–H and O–H groups in total. The summed E-state index contributed by atoms with van der Waals surface area (Å²) in [6, 6.07) is 17.6. The minimum absolute atomic E-state index is 0.00572. The molecule has 1 aromatic heterocycles. The number of fused-ring (bicyclic) bond motifs is 1. The number of phenols is 1. The first kappa shape index (κ1) is 45.0. The highest BCUT2D eigenvalue weighted by atomic mass is 16.5. The largest absolute Gasteiger partial charge is 0.506 e. The molecule has 1 saturated carbocycles. The number of piperidine rings is 1. The van der Waals surface area contributed by atoms with Gasteiger partial charge in [-0.15, -0.1) is 0 Å². The summed E-state index contributed by atoms with van der Waals surface area (Å²) in [5.74, 6) is -0.351. The number of benzene rings is 2. The fraction of sp³-hybridized carbons (Fsp3) is 0.592. The van der Waals surface area contributed by atoms with Crippen LogP contribution in [0.1, 0.15) is 104 Å². The molecule has 63 heavy (non-hydrogen) atoms. The van der Waals surface area contributed by atoms with Crippen LogP contribution in [0.4, 0.5) is 5.69 Å². The number of amides is 2. The number of rotatable bonds is 16. The normalized spacial score (nSPS) is 22.0. The Kier molecular flexibility index (Phi) is 14.6. The van der Waals surface area contributed by atoms with Crippen molar-refractivity contribution in [2.75, 3.05) is 77.5 Å². The standard InChI is InChI=1S/C49H66N6O8/c1-34(2)39-12-7-13-40(50-39)47(58)55-27-29-63-49(33-55)19-23-52(24-20-49)31-36-9-6-8-35(30-36)18-28-61-42-17-22-54(45(42)48(59)60)26-25-53(38-10-4-3-5-11-38)21-16-37-14-15-41(56)44-46(37)62-32-43(57)51-44/h6-9,12-15,30,34,38,42,45,56H,3-5,10-11,16-29,31-33H2,1-2H3,(H,51,57)(H,59,60)/t42?,45-/m0/s1. The fourth-order valence-electron chi connectivity index (χ4n) is 10.4. The van der Waals surface area contributed by atoms with E-state index >= 15 is 0 Å². The molecule has 5 aliphatic rings. The van der Waals surface area contributed by atoms with Crippen LogP contribution in [-0.2, 0) is 38.4 Å². The molecule has 14 nitrogen and oxygen atoms in total. The molecular formula is C49H66N6O8. The molecule has 4 fully saturated rings. The van der Waals surface area contributed by atoms with Gasteiger partial charge in [0.15, 0.2) is 12.4 Å². The number of phenolic OH excluding ortho intramolecular Hbond substituents is 1. The van der Waals surface area contributed by atoms with E-state index in [9.17, 15) is 24.6 Å². The molecule has 0 bridgehead atoms. The van der Waals surface area contributed by atoms with E-state index in [2.05, 4.69) is 63.1 Å². The van der Waals surface area contributed by atoms with E-state index in [4.69, 9.17) is 14.2 Å². The van der Waals surface area contributed by atoms with E-state index in [1.165, 1.54) is 30.4 Å². The summed E-state index contributed by atoms with van der Waals surface area (Å²) >= 11 is 0. The number of anilines is 1. The zero-order chi connectivity index (χ0) is 43.9. The zero-order valence-electron chi connectivity index (χ0n) is 37.1. The first-order chi connectivity index (χ1) is 30.5. The smallest absolute Gasteiger partial charge is 0.323 e. The molecule has 2 aromatic carbocycles. The van der Waals surface area contributed by atoms with Gasteiger partial charge in [-0.05, 0) is 85.8 Å². The third-order valence-corrected chi connectivity index (χ3v) is 14.0. The third kappa shape index (κ3) is 11.0. The van der Waals surface area contributed by atoms with Crippen molar-refractivity contribution in [2.45, 2.75) is 114 Å². The molecule has 14 heteroatoms. The van der Waals surface area contributed by atoms with E-state index in [0.717, 1.165) is 69.7 Å². The number of nitrogens with one attached hydrogen (secondary N) is 1. The molecule has 1 unspecified atom stereocenters. The summed E-state index contributed by atoms with van der Waals surface area (Å²) in [5.41, 5.74) is 4.79. The number of likely N-dealkylation sites (tertiary alicyclic amines) is 2. The van der Waals surface area contributed by atoms with Crippen molar-refractivity contribution < 1.29 is 38.8 Å². The van der Waals surface area contributed by atoms with Gasteiger partial charge >= 0.3 is 5.97 Å². The van der Waals surface area contributed by atoms with Crippen LogP contribution in [0, 0.1) is 0 Å². The first-order valence-corrected chi connectivity index (χ1v) is 23.3. The first-order valence-electron chi connectivity index (χ1n) is 23.3. The number of ether oxygens (including phenoxy) is 3. The van der Waals surface area contributed by atoms with Crippen molar-refractivity contribution in [1.82, 2.24) is 24.6 Å². The lowest BCUT2D eigenvalue weighted by Gasteiger charge is -2.47. The topological polar surface area (TPSA) is 157 Å². The molecule has 5 heterocycles. The van der Waals surface area contributed by atoms with Gasteiger partial charge in [0.1, 0.15) is 23.2 Å². The van der Waals surface area contributed by atoms with Gasteiger partial charge in [-0.3, -0.25) is 29.1 Å². The van der Waals surface area contributed by atoms with Gasteiger partial charge in [0, 0.05) is 64.1 Å². The van der Waals surface area contributed by atoms with Crippen molar-refractivity contribution in [3.8, 4) is 11.5 Å². The molecule has 0 radical (unpaired) electrons. The number of morpholine rings is 1.